The van der Waals surface area contributed by atoms with Gasteiger partial charge in [-0.25, -0.2) is 4.79 Å². The summed E-state index contributed by atoms with van der Waals surface area (Å²) in [5, 5.41) is 12.3. The Morgan fingerprint density at radius 2 is 2.27 bits per heavy atom. The standard InChI is InChI=1S/C15H18ClNO4S/c1-22-10-4-5-12(16)11(7-10)14(18)17-13(15(19)20)9-3-2-6-21-8-9/h4-5,7,9,13H,2-3,6,8H2,1H3,(H,17,18)(H,19,20). The molecule has 0 saturated carbocycles. The minimum Gasteiger partial charge on any atom is -0.480 e. The summed E-state index contributed by atoms with van der Waals surface area (Å²) in [6.07, 6.45) is 3.41. The van der Waals surface area contributed by atoms with E-state index in [4.69, 9.17) is 16.3 Å². The van der Waals surface area contributed by atoms with Gasteiger partial charge in [0, 0.05) is 17.4 Å². The van der Waals surface area contributed by atoms with E-state index in [1.165, 1.54) is 11.8 Å². The molecule has 2 atom stereocenters. The van der Waals surface area contributed by atoms with Crippen LogP contribution in [0.25, 0.3) is 0 Å². The van der Waals surface area contributed by atoms with Crippen molar-refractivity contribution in [1.82, 2.24) is 5.32 Å². The van der Waals surface area contributed by atoms with Crippen LogP contribution in [0.2, 0.25) is 5.02 Å². The van der Waals surface area contributed by atoms with Crippen LogP contribution >= 0.6 is 23.4 Å². The molecule has 1 aromatic carbocycles. The summed E-state index contributed by atoms with van der Waals surface area (Å²) in [6, 6.07) is 4.15. The van der Waals surface area contributed by atoms with Crippen molar-refractivity contribution < 1.29 is 19.4 Å². The van der Waals surface area contributed by atoms with Crippen molar-refractivity contribution in [3.63, 3.8) is 0 Å². The molecule has 1 saturated heterocycles. The van der Waals surface area contributed by atoms with Crippen molar-refractivity contribution in [3.8, 4) is 0 Å². The van der Waals surface area contributed by atoms with Gasteiger partial charge in [-0.3, -0.25) is 4.79 Å². The summed E-state index contributed by atoms with van der Waals surface area (Å²) in [7, 11) is 0. The Labute approximate surface area is 138 Å². The van der Waals surface area contributed by atoms with Gasteiger partial charge in [0.25, 0.3) is 5.91 Å². The maximum Gasteiger partial charge on any atom is 0.326 e. The number of carbonyl (C=O) groups is 2. The Balaban J connectivity index is 2.15. The van der Waals surface area contributed by atoms with Gasteiger partial charge in [-0.2, -0.15) is 0 Å². The molecule has 7 heteroatoms. The predicted octanol–water partition coefficient (Wildman–Crippen LogP) is 2.67. The second kappa shape index (κ2) is 7.85. The largest absolute Gasteiger partial charge is 0.480 e. The molecule has 2 unspecified atom stereocenters. The lowest BCUT2D eigenvalue weighted by Gasteiger charge is -2.28. The lowest BCUT2D eigenvalue weighted by molar-refractivity contribution is -0.142. The molecular formula is C15H18ClNO4S. The van der Waals surface area contributed by atoms with Gasteiger partial charge >= 0.3 is 5.97 Å². The fourth-order valence-corrected chi connectivity index (χ4v) is 3.08. The first-order valence-corrected chi connectivity index (χ1v) is 8.58. The fourth-order valence-electron chi connectivity index (χ4n) is 2.43. The summed E-state index contributed by atoms with van der Waals surface area (Å²) in [5.74, 6) is -1.75. The Kier molecular flexibility index (Phi) is 6.11. The van der Waals surface area contributed by atoms with E-state index in [1.54, 1.807) is 12.1 Å². The van der Waals surface area contributed by atoms with E-state index in [2.05, 4.69) is 5.32 Å². The van der Waals surface area contributed by atoms with Crippen LogP contribution in [-0.4, -0.2) is 42.5 Å². The van der Waals surface area contributed by atoms with Gasteiger partial charge in [0.05, 0.1) is 17.2 Å². The van der Waals surface area contributed by atoms with Crippen LogP contribution in [0.15, 0.2) is 23.1 Å². The van der Waals surface area contributed by atoms with E-state index in [9.17, 15) is 14.7 Å². The Hall–Kier alpha value is -1.24. The molecule has 0 aromatic heterocycles. The number of aliphatic carboxylic acids is 1. The first kappa shape index (κ1) is 17.1. The highest BCUT2D eigenvalue weighted by Crippen LogP contribution is 2.24. The first-order valence-electron chi connectivity index (χ1n) is 6.98. The maximum absolute atomic E-state index is 12.4. The topological polar surface area (TPSA) is 75.6 Å². The fraction of sp³-hybridized carbons (Fsp3) is 0.467. The van der Waals surface area contributed by atoms with Crippen molar-refractivity contribution in [1.29, 1.82) is 0 Å². The lowest BCUT2D eigenvalue weighted by Crippen LogP contribution is -2.48. The van der Waals surface area contributed by atoms with E-state index in [0.29, 0.717) is 18.2 Å². The number of halogens is 1. The smallest absolute Gasteiger partial charge is 0.326 e. The van der Waals surface area contributed by atoms with Gasteiger partial charge in [0.2, 0.25) is 0 Å². The highest BCUT2D eigenvalue weighted by atomic mass is 35.5. The molecule has 5 nitrogen and oxygen atoms in total. The Bertz CT molecular complexity index is 560. The molecule has 0 radical (unpaired) electrons. The van der Waals surface area contributed by atoms with Crippen LogP contribution in [0.4, 0.5) is 0 Å². The van der Waals surface area contributed by atoms with Crippen molar-refractivity contribution in [3.05, 3.63) is 28.8 Å². The van der Waals surface area contributed by atoms with Crippen LogP contribution < -0.4 is 5.32 Å². The average Bonchev–Trinajstić information content (AvgIpc) is 2.53. The van der Waals surface area contributed by atoms with Gasteiger partial charge in [-0.15, -0.1) is 11.8 Å². The lowest BCUT2D eigenvalue weighted by atomic mass is 9.93. The summed E-state index contributed by atoms with van der Waals surface area (Å²) >= 11 is 7.54. The Morgan fingerprint density at radius 1 is 1.50 bits per heavy atom. The number of thioether (sulfide) groups is 1. The number of nitrogens with one attached hydrogen (secondary N) is 1. The van der Waals surface area contributed by atoms with Gasteiger partial charge in [-0.1, -0.05) is 11.6 Å². The van der Waals surface area contributed by atoms with Gasteiger partial charge in [-0.05, 0) is 37.3 Å². The second-order valence-corrected chi connectivity index (χ2v) is 6.40. The molecule has 1 aromatic rings. The van der Waals surface area contributed by atoms with Crippen molar-refractivity contribution in [2.24, 2.45) is 5.92 Å². The number of amides is 1. The molecule has 0 aliphatic carbocycles. The monoisotopic (exact) mass is 343 g/mol. The molecular weight excluding hydrogens is 326 g/mol. The molecule has 22 heavy (non-hydrogen) atoms. The molecule has 0 bridgehead atoms. The molecule has 1 amide bonds. The molecule has 120 valence electrons. The first-order chi connectivity index (χ1) is 10.5. The zero-order valence-corrected chi connectivity index (χ0v) is 13.7. The van der Waals surface area contributed by atoms with Crippen LogP contribution in [-0.2, 0) is 9.53 Å². The summed E-state index contributed by atoms with van der Waals surface area (Å²) in [4.78, 5) is 24.7. The van der Waals surface area contributed by atoms with E-state index >= 15 is 0 Å². The van der Waals surface area contributed by atoms with E-state index < -0.39 is 17.9 Å². The molecule has 0 spiro atoms. The summed E-state index contributed by atoms with van der Waals surface area (Å²) in [5.41, 5.74) is 0.288. The summed E-state index contributed by atoms with van der Waals surface area (Å²) in [6.45, 7) is 0.980. The second-order valence-electron chi connectivity index (χ2n) is 5.11. The predicted molar refractivity (Wildman–Crippen MR) is 85.7 cm³/mol. The van der Waals surface area contributed by atoms with Crippen molar-refractivity contribution in [2.75, 3.05) is 19.5 Å². The van der Waals surface area contributed by atoms with E-state index in [0.717, 1.165) is 17.7 Å². The SMILES string of the molecule is CSc1ccc(Cl)c(C(=O)NC(C(=O)O)C2CCCOC2)c1. The number of hydrogen-bond acceptors (Lipinski definition) is 4. The molecule has 1 aliphatic rings. The quantitative estimate of drug-likeness (QED) is 0.804. The number of carboxylic acid groups (broad SMARTS) is 1. The van der Waals surface area contributed by atoms with Crippen molar-refractivity contribution >= 4 is 35.2 Å². The highest BCUT2D eigenvalue weighted by molar-refractivity contribution is 7.98. The van der Waals surface area contributed by atoms with Crippen molar-refractivity contribution in [2.45, 2.75) is 23.8 Å². The normalized spacial score (nSPS) is 19.5. The van der Waals surface area contributed by atoms with Gasteiger partial charge in [0.15, 0.2) is 0 Å². The van der Waals surface area contributed by atoms with E-state index in [-0.39, 0.29) is 11.5 Å². The van der Waals surface area contributed by atoms with Crippen LogP contribution in [0.5, 0.6) is 0 Å². The molecule has 2 rings (SSSR count). The molecule has 1 aliphatic heterocycles. The average molecular weight is 344 g/mol. The number of rotatable bonds is 5. The van der Waals surface area contributed by atoms with Crippen LogP contribution in [0.3, 0.4) is 0 Å². The van der Waals surface area contributed by atoms with Gasteiger partial charge in [0.1, 0.15) is 6.04 Å². The van der Waals surface area contributed by atoms with Gasteiger partial charge < -0.3 is 15.2 Å². The van der Waals surface area contributed by atoms with Crippen LogP contribution in [0, 0.1) is 5.92 Å². The zero-order chi connectivity index (χ0) is 16.1. The number of ether oxygens (including phenoxy) is 1. The minimum absolute atomic E-state index is 0.224. The summed E-state index contributed by atoms with van der Waals surface area (Å²) < 4.78 is 5.32. The van der Waals surface area contributed by atoms with E-state index in [1.807, 2.05) is 12.3 Å². The number of carbonyl (C=O) groups excluding carboxylic acids is 1. The number of hydrogen-bond donors (Lipinski definition) is 2. The highest BCUT2D eigenvalue weighted by Gasteiger charge is 2.32. The zero-order valence-electron chi connectivity index (χ0n) is 12.2. The minimum atomic E-state index is -1.05. The molecule has 2 N–H and O–H groups in total. The molecule has 1 heterocycles. The maximum atomic E-state index is 12.4. The third kappa shape index (κ3) is 4.15. The Morgan fingerprint density at radius 3 is 2.86 bits per heavy atom. The number of carboxylic acids is 1. The molecule has 1 fully saturated rings. The number of benzene rings is 1. The third-order valence-corrected chi connectivity index (χ3v) is 4.69. The third-order valence-electron chi connectivity index (χ3n) is 3.64. The van der Waals surface area contributed by atoms with Crippen LogP contribution in [0.1, 0.15) is 23.2 Å².